The molecule has 0 heterocycles. The van der Waals surface area contributed by atoms with Crippen LogP contribution in [0.15, 0.2) is 0 Å². The van der Waals surface area contributed by atoms with Crippen molar-refractivity contribution < 1.29 is 4.79 Å². The van der Waals surface area contributed by atoms with Gasteiger partial charge in [-0.25, -0.2) is 0 Å². The van der Waals surface area contributed by atoms with Crippen LogP contribution in [-0.2, 0) is 4.79 Å². The normalized spacial score (nSPS) is 14.9. The monoisotopic (exact) mass is 229 g/mol. The minimum Gasteiger partial charge on any atom is -0.355 e. The molecule has 0 aromatic rings. The molecule has 1 amide bonds. The number of nitrogens with one attached hydrogen (secondary N) is 1. The zero-order chi connectivity index (χ0) is 12.6. The van der Waals surface area contributed by atoms with Crippen LogP contribution >= 0.6 is 0 Å². The summed E-state index contributed by atoms with van der Waals surface area (Å²) in [6, 6.07) is -0.362. The molecule has 3 N–H and O–H groups in total. The topological polar surface area (TPSA) is 58.4 Å². The first-order valence-corrected chi connectivity index (χ1v) is 6.17. The summed E-state index contributed by atoms with van der Waals surface area (Å²) in [7, 11) is 4.11. The van der Waals surface area contributed by atoms with Crippen molar-refractivity contribution in [1.82, 2.24) is 10.2 Å². The number of nitrogens with zero attached hydrogens (tertiary/aromatic N) is 1. The van der Waals surface area contributed by atoms with Crippen LogP contribution in [0.3, 0.4) is 0 Å². The number of hydrogen-bond acceptors (Lipinski definition) is 3. The molecule has 1 unspecified atom stereocenters. The van der Waals surface area contributed by atoms with Gasteiger partial charge in [-0.15, -0.1) is 0 Å². The molecule has 0 rings (SSSR count). The van der Waals surface area contributed by atoms with Gasteiger partial charge in [-0.3, -0.25) is 4.79 Å². The molecule has 4 nitrogen and oxygen atoms in total. The smallest absolute Gasteiger partial charge is 0.237 e. The molecule has 0 fully saturated rings. The Morgan fingerprint density at radius 1 is 1.38 bits per heavy atom. The summed E-state index contributed by atoms with van der Waals surface area (Å²) in [6.07, 6.45) is 3.05. The van der Waals surface area contributed by atoms with Crippen LogP contribution in [0.5, 0.6) is 0 Å². The fourth-order valence-electron chi connectivity index (χ4n) is 1.39. The van der Waals surface area contributed by atoms with Crippen LogP contribution in [0.4, 0.5) is 0 Å². The van der Waals surface area contributed by atoms with Gasteiger partial charge in [0, 0.05) is 6.54 Å². The van der Waals surface area contributed by atoms with Crippen LogP contribution in [0.2, 0.25) is 0 Å². The van der Waals surface area contributed by atoms with Crippen LogP contribution in [0.25, 0.3) is 0 Å². The van der Waals surface area contributed by atoms with Gasteiger partial charge in [0.25, 0.3) is 0 Å². The number of unbranched alkanes of at least 4 members (excludes halogenated alkanes) is 1. The van der Waals surface area contributed by atoms with E-state index < -0.39 is 0 Å². The molecule has 0 radical (unpaired) electrons. The lowest BCUT2D eigenvalue weighted by Crippen LogP contribution is -2.44. The summed E-state index contributed by atoms with van der Waals surface area (Å²) >= 11 is 0. The number of hydrogen-bond donors (Lipinski definition) is 2. The fourth-order valence-corrected chi connectivity index (χ4v) is 1.39. The van der Waals surface area contributed by atoms with Crippen LogP contribution in [-0.4, -0.2) is 44.0 Å². The summed E-state index contributed by atoms with van der Waals surface area (Å²) in [5.41, 5.74) is 5.81. The summed E-state index contributed by atoms with van der Waals surface area (Å²) in [6.45, 7) is 5.86. The standard InChI is InChI=1S/C12H27N3O/c1-5-10(2)11(13)12(16)14-8-6-7-9-15(3)4/h10-11H,5-9,13H2,1-4H3,(H,14,16)/t10?,11-/m0/s1. The van der Waals surface area contributed by atoms with E-state index in [1.165, 1.54) is 0 Å². The highest BCUT2D eigenvalue weighted by Gasteiger charge is 2.18. The van der Waals surface area contributed by atoms with Crippen LogP contribution in [0.1, 0.15) is 33.1 Å². The van der Waals surface area contributed by atoms with Crippen LogP contribution < -0.4 is 11.1 Å². The quantitative estimate of drug-likeness (QED) is 0.606. The number of rotatable bonds is 8. The molecule has 0 aliphatic heterocycles. The SMILES string of the molecule is CCC(C)[C@H](N)C(=O)NCCCCN(C)C. The third-order valence-electron chi connectivity index (χ3n) is 2.89. The van der Waals surface area contributed by atoms with E-state index in [1.807, 2.05) is 6.92 Å². The van der Waals surface area contributed by atoms with Gasteiger partial charge < -0.3 is 16.0 Å². The molecule has 0 spiro atoms. The number of carbonyl (C=O) groups excluding carboxylic acids is 1. The van der Waals surface area contributed by atoms with Crippen molar-refractivity contribution in [1.29, 1.82) is 0 Å². The first kappa shape index (κ1) is 15.4. The molecular weight excluding hydrogens is 202 g/mol. The number of carbonyl (C=O) groups is 1. The Morgan fingerprint density at radius 3 is 2.50 bits per heavy atom. The van der Waals surface area contributed by atoms with Gasteiger partial charge in [0.05, 0.1) is 6.04 Å². The molecule has 2 atom stereocenters. The average Bonchev–Trinajstić information content (AvgIpc) is 2.25. The number of amides is 1. The molecule has 0 aliphatic carbocycles. The maximum atomic E-state index is 11.6. The zero-order valence-electron chi connectivity index (χ0n) is 11.1. The van der Waals surface area contributed by atoms with Crippen molar-refractivity contribution in [2.24, 2.45) is 11.7 Å². The lowest BCUT2D eigenvalue weighted by atomic mass is 9.99. The average molecular weight is 229 g/mol. The minimum atomic E-state index is -0.362. The fraction of sp³-hybridized carbons (Fsp3) is 0.917. The van der Waals surface area contributed by atoms with Gasteiger partial charge in [-0.2, -0.15) is 0 Å². The zero-order valence-corrected chi connectivity index (χ0v) is 11.1. The highest BCUT2D eigenvalue weighted by atomic mass is 16.2. The third kappa shape index (κ3) is 6.80. The molecule has 4 heteroatoms. The summed E-state index contributed by atoms with van der Waals surface area (Å²) in [5, 5.41) is 2.89. The van der Waals surface area contributed by atoms with Gasteiger partial charge in [0.1, 0.15) is 0 Å². The van der Waals surface area contributed by atoms with Gasteiger partial charge in [-0.05, 0) is 39.4 Å². The summed E-state index contributed by atoms with van der Waals surface area (Å²) in [4.78, 5) is 13.7. The molecule has 0 saturated heterocycles. The lowest BCUT2D eigenvalue weighted by Gasteiger charge is -2.17. The first-order valence-electron chi connectivity index (χ1n) is 6.17. The summed E-state index contributed by atoms with van der Waals surface area (Å²) in [5.74, 6) is 0.237. The number of nitrogens with two attached hydrogens (primary N) is 1. The second-order valence-corrected chi connectivity index (χ2v) is 4.71. The van der Waals surface area contributed by atoms with Gasteiger partial charge in [0.2, 0.25) is 5.91 Å². The van der Waals surface area contributed by atoms with E-state index in [0.29, 0.717) is 0 Å². The van der Waals surface area contributed by atoms with E-state index in [9.17, 15) is 4.79 Å². The van der Waals surface area contributed by atoms with E-state index in [2.05, 4.69) is 31.2 Å². The molecule has 0 aromatic carbocycles. The van der Waals surface area contributed by atoms with Crippen molar-refractivity contribution in [2.75, 3.05) is 27.2 Å². The molecule has 0 aliphatic rings. The maximum absolute atomic E-state index is 11.6. The molecule has 0 bridgehead atoms. The lowest BCUT2D eigenvalue weighted by molar-refractivity contribution is -0.123. The maximum Gasteiger partial charge on any atom is 0.237 e. The van der Waals surface area contributed by atoms with Crippen LogP contribution in [0, 0.1) is 5.92 Å². The van der Waals surface area contributed by atoms with E-state index in [4.69, 9.17) is 5.73 Å². The Morgan fingerprint density at radius 2 is 2.00 bits per heavy atom. The van der Waals surface area contributed by atoms with Crippen molar-refractivity contribution >= 4 is 5.91 Å². The van der Waals surface area contributed by atoms with Crippen molar-refractivity contribution in [3.63, 3.8) is 0 Å². The van der Waals surface area contributed by atoms with Crippen molar-refractivity contribution in [2.45, 2.75) is 39.2 Å². The largest absolute Gasteiger partial charge is 0.355 e. The Bertz CT molecular complexity index is 195. The molecular formula is C12H27N3O. The van der Waals surface area contributed by atoms with Crippen molar-refractivity contribution in [3.05, 3.63) is 0 Å². The Labute approximate surface area is 99.6 Å². The molecule has 16 heavy (non-hydrogen) atoms. The molecule has 0 aromatic heterocycles. The predicted octanol–water partition coefficient (Wildman–Crippen LogP) is 0.818. The molecule has 0 saturated carbocycles. The van der Waals surface area contributed by atoms with E-state index in [-0.39, 0.29) is 17.9 Å². The Balaban J connectivity index is 3.57. The minimum absolute atomic E-state index is 0.0146. The molecule has 96 valence electrons. The third-order valence-corrected chi connectivity index (χ3v) is 2.89. The second kappa shape index (κ2) is 8.53. The van der Waals surface area contributed by atoms with E-state index in [1.54, 1.807) is 0 Å². The highest BCUT2D eigenvalue weighted by Crippen LogP contribution is 2.04. The predicted molar refractivity (Wildman–Crippen MR) is 68.2 cm³/mol. The van der Waals surface area contributed by atoms with Gasteiger partial charge in [-0.1, -0.05) is 20.3 Å². The highest BCUT2D eigenvalue weighted by molar-refractivity contribution is 5.81. The Hall–Kier alpha value is -0.610. The van der Waals surface area contributed by atoms with Gasteiger partial charge in [0.15, 0.2) is 0 Å². The van der Waals surface area contributed by atoms with E-state index in [0.717, 1.165) is 32.4 Å². The summed E-state index contributed by atoms with van der Waals surface area (Å²) < 4.78 is 0. The Kier molecular flexibility index (Phi) is 8.21. The first-order chi connectivity index (χ1) is 7.49. The van der Waals surface area contributed by atoms with Crippen molar-refractivity contribution in [3.8, 4) is 0 Å². The van der Waals surface area contributed by atoms with E-state index >= 15 is 0 Å². The second-order valence-electron chi connectivity index (χ2n) is 4.71. The van der Waals surface area contributed by atoms with Gasteiger partial charge >= 0.3 is 0 Å².